The molecule has 94 valence electrons. The fourth-order valence-corrected chi connectivity index (χ4v) is 2.38. The van der Waals surface area contributed by atoms with Gasteiger partial charge in [0.1, 0.15) is 17.6 Å². The van der Waals surface area contributed by atoms with Crippen LogP contribution in [0.1, 0.15) is 23.2 Å². The third-order valence-corrected chi connectivity index (χ3v) is 3.24. The molecular formula is C14H12N4O. The molecule has 0 radical (unpaired) electrons. The van der Waals surface area contributed by atoms with Crippen LogP contribution in [0.25, 0.3) is 0 Å². The predicted molar refractivity (Wildman–Crippen MR) is 71.3 cm³/mol. The number of hydrogen-bond donors (Lipinski definition) is 2. The lowest BCUT2D eigenvalue weighted by atomic mass is 10.1. The molecule has 19 heavy (non-hydrogen) atoms. The number of aromatic nitrogens is 2. The Hall–Kier alpha value is -2.61. The summed E-state index contributed by atoms with van der Waals surface area (Å²) >= 11 is 0. The molecule has 1 aliphatic carbocycles. The molecule has 0 saturated heterocycles. The quantitative estimate of drug-likeness (QED) is 0.854. The van der Waals surface area contributed by atoms with Gasteiger partial charge >= 0.3 is 5.69 Å². The van der Waals surface area contributed by atoms with Crippen LogP contribution >= 0.6 is 0 Å². The summed E-state index contributed by atoms with van der Waals surface area (Å²) in [5.41, 5.74) is 3.30. The number of anilines is 2. The second-order valence-electron chi connectivity index (χ2n) is 4.56. The molecule has 0 bridgehead atoms. The van der Waals surface area contributed by atoms with Gasteiger partial charge in [-0.3, -0.25) is 4.98 Å². The molecular weight excluding hydrogens is 240 g/mol. The summed E-state index contributed by atoms with van der Waals surface area (Å²) in [7, 11) is 0. The van der Waals surface area contributed by atoms with Crippen molar-refractivity contribution in [1.29, 1.82) is 5.26 Å². The highest BCUT2D eigenvalue weighted by Crippen LogP contribution is 2.26. The summed E-state index contributed by atoms with van der Waals surface area (Å²) in [5, 5.41) is 11.9. The maximum Gasteiger partial charge on any atom is 0.347 e. The molecule has 1 aliphatic rings. The Labute approximate surface area is 109 Å². The molecule has 0 unspecified atom stereocenters. The van der Waals surface area contributed by atoms with Gasteiger partial charge in [-0.2, -0.15) is 10.2 Å². The van der Waals surface area contributed by atoms with Crippen molar-refractivity contribution < 1.29 is 0 Å². The lowest BCUT2D eigenvalue weighted by molar-refractivity contribution is 0.912. The Morgan fingerprint density at radius 2 is 2.11 bits per heavy atom. The van der Waals surface area contributed by atoms with Gasteiger partial charge in [-0.1, -0.05) is 6.07 Å². The Morgan fingerprint density at radius 1 is 1.26 bits per heavy atom. The lowest BCUT2D eigenvalue weighted by Crippen LogP contribution is -2.13. The van der Waals surface area contributed by atoms with Crippen LogP contribution in [0.5, 0.6) is 0 Å². The summed E-state index contributed by atoms with van der Waals surface area (Å²) in [4.78, 5) is 17.4. The van der Waals surface area contributed by atoms with Gasteiger partial charge in [0.2, 0.25) is 0 Å². The number of fused-ring (bicyclic) bond motifs is 1. The van der Waals surface area contributed by atoms with Crippen molar-refractivity contribution in [3.63, 3.8) is 0 Å². The van der Waals surface area contributed by atoms with Gasteiger partial charge in [0, 0.05) is 11.8 Å². The van der Waals surface area contributed by atoms with E-state index in [2.05, 4.69) is 27.4 Å². The minimum absolute atomic E-state index is 0.198. The molecule has 0 saturated carbocycles. The Bertz CT molecular complexity index is 727. The smallest absolute Gasteiger partial charge is 0.340 e. The maximum absolute atomic E-state index is 11.3. The third kappa shape index (κ3) is 2.33. The third-order valence-electron chi connectivity index (χ3n) is 3.24. The number of rotatable bonds is 2. The van der Waals surface area contributed by atoms with Crippen molar-refractivity contribution >= 4 is 11.5 Å². The molecule has 5 heteroatoms. The highest BCUT2D eigenvalue weighted by molar-refractivity contribution is 5.59. The van der Waals surface area contributed by atoms with Gasteiger partial charge in [-0.15, -0.1) is 0 Å². The molecule has 0 atom stereocenters. The van der Waals surface area contributed by atoms with Gasteiger partial charge in [0.25, 0.3) is 0 Å². The normalized spacial score (nSPS) is 12.8. The SMILES string of the molecule is N#Cc1cc(Nc2ccc3c(c2)CCC3)nc(=O)[nH]1. The van der Waals surface area contributed by atoms with E-state index in [0.29, 0.717) is 5.82 Å². The molecule has 1 aromatic carbocycles. The molecule has 2 N–H and O–H groups in total. The van der Waals surface area contributed by atoms with Crippen LogP contribution in [0.4, 0.5) is 11.5 Å². The fraction of sp³-hybridized carbons (Fsp3) is 0.214. The van der Waals surface area contributed by atoms with Crippen LogP contribution in [0.3, 0.4) is 0 Å². The van der Waals surface area contributed by atoms with Crippen molar-refractivity contribution in [2.45, 2.75) is 19.3 Å². The molecule has 0 spiro atoms. The minimum atomic E-state index is -0.525. The van der Waals surface area contributed by atoms with E-state index in [4.69, 9.17) is 5.26 Å². The first-order valence-electron chi connectivity index (χ1n) is 6.15. The van der Waals surface area contributed by atoms with E-state index in [0.717, 1.165) is 18.5 Å². The van der Waals surface area contributed by atoms with Crippen LogP contribution in [-0.2, 0) is 12.8 Å². The predicted octanol–water partition coefficient (Wildman–Crippen LogP) is 1.87. The van der Waals surface area contributed by atoms with E-state index in [1.807, 2.05) is 12.1 Å². The number of H-pyrrole nitrogens is 1. The number of nitriles is 1. The van der Waals surface area contributed by atoms with E-state index in [9.17, 15) is 4.79 Å². The zero-order chi connectivity index (χ0) is 13.2. The molecule has 0 amide bonds. The van der Waals surface area contributed by atoms with Crippen molar-refractivity contribution in [1.82, 2.24) is 9.97 Å². The molecule has 3 rings (SSSR count). The van der Waals surface area contributed by atoms with Gasteiger partial charge in [-0.05, 0) is 42.5 Å². The van der Waals surface area contributed by atoms with E-state index in [1.165, 1.54) is 23.6 Å². The first-order valence-corrected chi connectivity index (χ1v) is 6.15. The number of hydrogen-bond acceptors (Lipinski definition) is 4. The van der Waals surface area contributed by atoms with Gasteiger partial charge in [0.05, 0.1) is 0 Å². The zero-order valence-electron chi connectivity index (χ0n) is 10.2. The lowest BCUT2D eigenvalue weighted by Gasteiger charge is -2.07. The van der Waals surface area contributed by atoms with Crippen molar-refractivity contribution in [3.8, 4) is 6.07 Å². The fourth-order valence-electron chi connectivity index (χ4n) is 2.38. The van der Waals surface area contributed by atoms with Crippen LogP contribution < -0.4 is 11.0 Å². The number of benzene rings is 1. The average molecular weight is 252 g/mol. The van der Waals surface area contributed by atoms with Crippen LogP contribution in [-0.4, -0.2) is 9.97 Å². The second-order valence-corrected chi connectivity index (χ2v) is 4.56. The Morgan fingerprint density at radius 3 is 2.95 bits per heavy atom. The van der Waals surface area contributed by atoms with Crippen molar-refractivity contribution in [3.05, 3.63) is 51.6 Å². The van der Waals surface area contributed by atoms with Gasteiger partial charge < -0.3 is 5.32 Å². The second kappa shape index (κ2) is 4.58. The highest BCUT2D eigenvalue weighted by atomic mass is 16.1. The molecule has 5 nitrogen and oxygen atoms in total. The topological polar surface area (TPSA) is 81.6 Å². The Balaban J connectivity index is 1.91. The summed E-state index contributed by atoms with van der Waals surface area (Å²) in [5.74, 6) is 0.387. The van der Waals surface area contributed by atoms with Gasteiger partial charge in [-0.25, -0.2) is 4.79 Å². The monoisotopic (exact) mass is 252 g/mol. The van der Waals surface area contributed by atoms with Crippen LogP contribution in [0, 0.1) is 11.3 Å². The molecule has 0 fully saturated rings. The minimum Gasteiger partial charge on any atom is -0.340 e. The molecule has 2 aromatic rings. The zero-order valence-corrected chi connectivity index (χ0v) is 10.2. The first kappa shape index (κ1) is 11.5. The van der Waals surface area contributed by atoms with E-state index in [1.54, 1.807) is 0 Å². The number of aromatic amines is 1. The maximum atomic E-state index is 11.3. The molecule has 1 aromatic heterocycles. The summed E-state index contributed by atoms with van der Waals surface area (Å²) in [6.45, 7) is 0. The van der Waals surface area contributed by atoms with E-state index < -0.39 is 5.69 Å². The standard InChI is InChI=1S/C14H12N4O/c15-8-12-7-13(18-14(19)17-12)16-11-5-4-9-2-1-3-10(9)6-11/h4-7H,1-3H2,(H2,16,17,18,19). The number of nitrogens with one attached hydrogen (secondary N) is 2. The van der Waals surface area contributed by atoms with Gasteiger partial charge in [0.15, 0.2) is 0 Å². The molecule has 1 heterocycles. The number of nitrogens with zero attached hydrogens (tertiary/aromatic N) is 2. The summed E-state index contributed by atoms with van der Waals surface area (Å²) in [6.07, 6.45) is 3.43. The summed E-state index contributed by atoms with van der Waals surface area (Å²) < 4.78 is 0. The Kier molecular flexibility index (Phi) is 2.76. The highest BCUT2D eigenvalue weighted by Gasteiger charge is 2.11. The van der Waals surface area contributed by atoms with Crippen molar-refractivity contribution in [2.24, 2.45) is 0 Å². The summed E-state index contributed by atoms with van der Waals surface area (Å²) in [6, 6.07) is 9.57. The van der Waals surface area contributed by atoms with E-state index >= 15 is 0 Å². The largest absolute Gasteiger partial charge is 0.347 e. The first-order chi connectivity index (χ1) is 9.24. The molecule has 0 aliphatic heterocycles. The van der Waals surface area contributed by atoms with E-state index in [-0.39, 0.29) is 5.69 Å². The number of aryl methyl sites for hydroxylation is 2. The van der Waals surface area contributed by atoms with Crippen LogP contribution in [0.2, 0.25) is 0 Å². The van der Waals surface area contributed by atoms with Crippen LogP contribution in [0.15, 0.2) is 29.1 Å². The average Bonchev–Trinajstić information content (AvgIpc) is 2.85. The van der Waals surface area contributed by atoms with Crippen molar-refractivity contribution in [2.75, 3.05) is 5.32 Å².